The van der Waals surface area contributed by atoms with Gasteiger partial charge >= 0.3 is 0 Å². The lowest BCUT2D eigenvalue weighted by Crippen LogP contribution is -2.39. The number of Topliss-reactive ketones (excluding diaryl/α,β-unsaturated/α-hetero) is 1. The molecule has 2 aromatic carbocycles. The van der Waals surface area contributed by atoms with E-state index in [0.29, 0.717) is 23.0 Å². The highest BCUT2D eigenvalue weighted by atomic mass is 16.7. The molecule has 0 aliphatic carbocycles. The van der Waals surface area contributed by atoms with Crippen LogP contribution < -0.4 is 14.2 Å². The molecule has 2 aromatic rings. The number of hydrogen-bond donors (Lipinski definition) is 0. The fourth-order valence-electron chi connectivity index (χ4n) is 4.25. The molecule has 0 saturated carbocycles. The summed E-state index contributed by atoms with van der Waals surface area (Å²) in [6, 6.07) is 9.46. The van der Waals surface area contributed by atoms with E-state index in [0.717, 1.165) is 54.1 Å². The van der Waals surface area contributed by atoms with Crippen LogP contribution in [-0.4, -0.2) is 25.8 Å². The van der Waals surface area contributed by atoms with E-state index in [1.807, 2.05) is 37.3 Å². The van der Waals surface area contributed by atoms with Gasteiger partial charge < -0.3 is 18.9 Å². The third-order valence-corrected chi connectivity index (χ3v) is 5.73. The van der Waals surface area contributed by atoms with E-state index in [1.54, 1.807) is 13.2 Å². The molecule has 2 unspecified atom stereocenters. The van der Waals surface area contributed by atoms with Crippen molar-refractivity contribution in [3.63, 3.8) is 0 Å². The molecular weight excluding hydrogens is 356 g/mol. The van der Waals surface area contributed by atoms with Gasteiger partial charge in [-0.15, -0.1) is 0 Å². The minimum atomic E-state index is -0.190. The van der Waals surface area contributed by atoms with Crippen LogP contribution in [0.4, 0.5) is 0 Å². The Kier molecular flexibility index (Phi) is 4.13. The Morgan fingerprint density at radius 2 is 2.00 bits per heavy atom. The summed E-state index contributed by atoms with van der Waals surface area (Å²) < 4.78 is 23.1. The first-order valence-electron chi connectivity index (χ1n) is 9.67. The van der Waals surface area contributed by atoms with Crippen molar-refractivity contribution >= 4 is 11.9 Å². The molecule has 0 aromatic heterocycles. The maximum atomic E-state index is 13.0. The minimum Gasteiger partial charge on any atom is -0.497 e. The largest absolute Gasteiger partial charge is 0.497 e. The standard InChI is InChI=1S/C23H22O5/c1-13-21-16(11-15-4-3-9-26-23(15)28-21)12-18-20(24)19(27-22(13)18)10-14-5-7-17(25-2)8-6-14/h5-8,10,12,15,23H,3-4,9,11H2,1-2H3/b19-10-. The Labute approximate surface area is 163 Å². The smallest absolute Gasteiger partial charge is 0.231 e. The quantitative estimate of drug-likeness (QED) is 0.729. The number of hydrogen-bond acceptors (Lipinski definition) is 5. The number of carbonyl (C=O) groups is 1. The molecule has 28 heavy (non-hydrogen) atoms. The zero-order valence-electron chi connectivity index (χ0n) is 16.0. The average Bonchev–Trinajstić information content (AvgIpc) is 3.03. The van der Waals surface area contributed by atoms with Crippen LogP contribution in [0.5, 0.6) is 17.2 Å². The molecule has 144 valence electrons. The van der Waals surface area contributed by atoms with Crippen molar-refractivity contribution in [1.29, 1.82) is 0 Å². The molecule has 1 saturated heterocycles. The van der Waals surface area contributed by atoms with E-state index in [1.165, 1.54) is 0 Å². The predicted molar refractivity (Wildman–Crippen MR) is 104 cm³/mol. The summed E-state index contributed by atoms with van der Waals surface area (Å²) in [6.45, 7) is 2.69. The maximum Gasteiger partial charge on any atom is 0.231 e. The van der Waals surface area contributed by atoms with Gasteiger partial charge in [0, 0.05) is 11.5 Å². The van der Waals surface area contributed by atoms with Crippen molar-refractivity contribution < 1.29 is 23.7 Å². The van der Waals surface area contributed by atoms with Crippen molar-refractivity contribution in [3.8, 4) is 17.2 Å². The molecule has 0 bridgehead atoms. The highest BCUT2D eigenvalue weighted by molar-refractivity contribution is 6.15. The van der Waals surface area contributed by atoms with E-state index in [-0.39, 0.29) is 12.1 Å². The number of ether oxygens (including phenoxy) is 4. The van der Waals surface area contributed by atoms with E-state index in [4.69, 9.17) is 18.9 Å². The Morgan fingerprint density at radius 1 is 1.18 bits per heavy atom. The number of fused-ring (bicyclic) bond motifs is 3. The molecule has 3 heterocycles. The highest BCUT2D eigenvalue weighted by Gasteiger charge is 2.38. The summed E-state index contributed by atoms with van der Waals surface area (Å²) in [5.74, 6) is 2.77. The summed E-state index contributed by atoms with van der Waals surface area (Å²) >= 11 is 0. The Morgan fingerprint density at radius 3 is 2.79 bits per heavy atom. The fraction of sp³-hybridized carbons (Fsp3) is 0.348. The molecule has 2 atom stereocenters. The molecule has 0 N–H and O–H groups in total. The number of ketones is 1. The topological polar surface area (TPSA) is 54.0 Å². The Balaban J connectivity index is 1.49. The molecule has 3 aliphatic rings. The Bertz CT molecular complexity index is 973. The van der Waals surface area contributed by atoms with Gasteiger partial charge in [-0.05, 0) is 61.6 Å². The number of benzene rings is 2. The van der Waals surface area contributed by atoms with Crippen molar-refractivity contribution in [2.24, 2.45) is 5.92 Å². The molecule has 5 rings (SSSR count). The first kappa shape index (κ1) is 17.3. The molecule has 0 radical (unpaired) electrons. The van der Waals surface area contributed by atoms with Crippen LogP contribution >= 0.6 is 0 Å². The molecule has 0 amide bonds. The first-order valence-corrected chi connectivity index (χ1v) is 9.67. The number of carbonyl (C=O) groups excluding carboxylic acids is 1. The van der Waals surface area contributed by atoms with E-state index in [9.17, 15) is 4.79 Å². The van der Waals surface area contributed by atoms with E-state index < -0.39 is 0 Å². The third kappa shape index (κ3) is 2.78. The summed E-state index contributed by atoms with van der Waals surface area (Å²) in [5.41, 5.74) is 3.45. The van der Waals surface area contributed by atoms with Crippen LogP contribution in [0.3, 0.4) is 0 Å². The second-order valence-electron chi connectivity index (χ2n) is 7.54. The van der Waals surface area contributed by atoms with Crippen LogP contribution in [0.25, 0.3) is 6.08 Å². The van der Waals surface area contributed by atoms with Crippen molar-refractivity contribution in [3.05, 3.63) is 58.3 Å². The van der Waals surface area contributed by atoms with Gasteiger partial charge in [0.05, 0.1) is 19.3 Å². The Hall–Kier alpha value is -2.79. The third-order valence-electron chi connectivity index (χ3n) is 5.73. The van der Waals surface area contributed by atoms with Crippen LogP contribution in [0.1, 0.15) is 39.9 Å². The fourth-order valence-corrected chi connectivity index (χ4v) is 4.25. The normalized spacial score (nSPS) is 24.1. The van der Waals surface area contributed by atoms with Crippen LogP contribution in [0.15, 0.2) is 36.1 Å². The van der Waals surface area contributed by atoms with Gasteiger partial charge in [-0.1, -0.05) is 12.1 Å². The molecule has 1 fully saturated rings. The van der Waals surface area contributed by atoms with Crippen LogP contribution in [0, 0.1) is 12.8 Å². The number of rotatable bonds is 2. The lowest BCUT2D eigenvalue weighted by atomic mass is 9.87. The summed E-state index contributed by atoms with van der Waals surface area (Å²) in [4.78, 5) is 13.0. The maximum absolute atomic E-state index is 13.0. The minimum absolute atomic E-state index is 0.0845. The number of allylic oxidation sites excluding steroid dienone is 1. The lowest BCUT2D eigenvalue weighted by Gasteiger charge is -2.37. The van der Waals surface area contributed by atoms with Crippen LogP contribution in [-0.2, 0) is 11.2 Å². The zero-order chi connectivity index (χ0) is 19.3. The van der Waals surface area contributed by atoms with Crippen molar-refractivity contribution in [2.45, 2.75) is 32.5 Å². The molecule has 0 spiro atoms. The lowest BCUT2D eigenvalue weighted by molar-refractivity contribution is -0.149. The van der Waals surface area contributed by atoms with Gasteiger partial charge in [0.25, 0.3) is 0 Å². The SMILES string of the molecule is COc1ccc(/C=C2\Oc3c(cc4c(c3C)OC3OCCCC3C4)C2=O)cc1. The van der Waals surface area contributed by atoms with Gasteiger partial charge in [0.15, 0.2) is 5.76 Å². The van der Waals surface area contributed by atoms with Crippen LogP contribution in [0.2, 0.25) is 0 Å². The van der Waals surface area contributed by atoms with Gasteiger partial charge in [-0.2, -0.15) is 0 Å². The summed E-state index contributed by atoms with van der Waals surface area (Å²) in [6.07, 6.45) is 4.60. The van der Waals surface area contributed by atoms with E-state index >= 15 is 0 Å². The first-order chi connectivity index (χ1) is 13.6. The van der Waals surface area contributed by atoms with Gasteiger partial charge in [-0.25, -0.2) is 0 Å². The molecular formula is C23H22O5. The molecule has 3 aliphatic heterocycles. The van der Waals surface area contributed by atoms with Gasteiger partial charge in [0.2, 0.25) is 12.1 Å². The monoisotopic (exact) mass is 378 g/mol. The average molecular weight is 378 g/mol. The van der Waals surface area contributed by atoms with Crippen molar-refractivity contribution in [2.75, 3.05) is 13.7 Å². The summed E-state index contributed by atoms with van der Waals surface area (Å²) in [7, 11) is 1.63. The second kappa shape index (κ2) is 6.67. The predicted octanol–water partition coefficient (Wildman–Crippen LogP) is 4.31. The highest BCUT2D eigenvalue weighted by Crippen LogP contribution is 2.46. The summed E-state index contributed by atoms with van der Waals surface area (Å²) in [5, 5.41) is 0. The molecule has 5 nitrogen and oxygen atoms in total. The molecule has 5 heteroatoms. The zero-order valence-corrected chi connectivity index (χ0v) is 16.0. The van der Waals surface area contributed by atoms with E-state index in [2.05, 4.69) is 0 Å². The number of methoxy groups -OCH3 is 1. The van der Waals surface area contributed by atoms with Gasteiger partial charge in [-0.3, -0.25) is 4.79 Å². The van der Waals surface area contributed by atoms with Crippen molar-refractivity contribution in [1.82, 2.24) is 0 Å². The van der Waals surface area contributed by atoms with Gasteiger partial charge in [0.1, 0.15) is 17.2 Å². The second-order valence-corrected chi connectivity index (χ2v) is 7.54.